The van der Waals surface area contributed by atoms with Crippen LogP contribution in [0.4, 0.5) is 4.79 Å². The molecule has 1 aromatic rings. The average Bonchev–Trinajstić information content (AvgIpc) is 3.41. The minimum Gasteiger partial charge on any atom is -0.445 e. The number of amides is 2. The summed E-state index contributed by atoms with van der Waals surface area (Å²) >= 11 is 0. The van der Waals surface area contributed by atoms with E-state index in [9.17, 15) is 9.59 Å². The molecule has 1 aromatic carbocycles. The Bertz CT molecular complexity index is 690. The van der Waals surface area contributed by atoms with Gasteiger partial charge >= 0.3 is 6.09 Å². The highest BCUT2D eigenvalue weighted by molar-refractivity contribution is 5.83. The van der Waals surface area contributed by atoms with Gasteiger partial charge in [0.1, 0.15) is 6.61 Å². The van der Waals surface area contributed by atoms with Gasteiger partial charge in [-0.05, 0) is 37.2 Å². The maximum atomic E-state index is 13.0. The van der Waals surface area contributed by atoms with Crippen molar-refractivity contribution in [2.24, 2.45) is 11.7 Å². The Morgan fingerprint density at radius 2 is 1.57 bits per heavy atom. The summed E-state index contributed by atoms with van der Waals surface area (Å²) in [5.41, 5.74) is 7.34. The standard InChI is InChI=1S/C22H31N3O3.C2H6/c23-20(17-9-5-2-6-10-17)21(26)24-13-11-19-18(24)12-14-25(19)22(27)28-15-16-7-3-1-4-8-16;1-2/h1,3-4,7-8,17-20H,2,5-6,9-15,23H2;1-2H3. The van der Waals surface area contributed by atoms with Crippen LogP contribution < -0.4 is 5.73 Å². The maximum absolute atomic E-state index is 13.0. The Balaban J connectivity index is 0.00000124. The van der Waals surface area contributed by atoms with E-state index in [2.05, 4.69) is 0 Å². The zero-order chi connectivity index (χ0) is 21.5. The van der Waals surface area contributed by atoms with Gasteiger partial charge in [-0.1, -0.05) is 63.4 Å². The Kier molecular flexibility index (Phi) is 8.14. The van der Waals surface area contributed by atoms with Gasteiger partial charge < -0.3 is 20.3 Å². The molecule has 3 aliphatic rings. The van der Waals surface area contributed by atoms with E-state index in [0.717, 1.165) is 31.2 Å². The summed E-state index contributed by atoms with van der Waals surface area (Å²) in [6, 6.07) is 9.47. The molecule has 1 saturated carbocycles. The minimum absolute atomic E-state index is 0.0609. The van der Waals surface area contributed by atoms with E-state index in [4.69, 9.17) is 10.5 Å². The second kappa shape index (κ2) is 10.8. The summed E-state index contributed by atoms with van der Waals surface area (Å²) in [6.07, 6.45) is 7.09. The second-order valence-corrected chi connectivity index (χ2v) is 8.40. The molecule has 6 nitrogen and oxygen atoms in total. The predicted molar refractivity (Wildman–Crippen MR) is 118 cm³/mol. The summed E-state index contributed by atoms with van der Waals surface area (Å²) in [7, 11) is 0. The van der Waals surface area contributed by atoms with E-state index in [1.54, 1.807) is 0 Å². The highest BCUT2D eigenvalue weighted by atomic mass is 16.6. The van der Waals surface area contributed by atoms with E-state index in [0.29, 0.717) is 19.0 Å². The van der Waals surface area contributed by atoms with Gasteiger partial charge in [0.25, 0.3) is 0 Å². The Hall–Kier alpha value is -2.08. The zero-order valence-corrected chi connectivity index (χ0v) is 18.5. The third kappa shape index (κ3) is 4.97. The van der Waals surface area contributed by atoms with Crippen LogP contribution >= 0.6 is 0 Å². The van der Waals surface area contributed by atoms with Crippen LogP contribution in [0.3, 0.4) is 0 Å². The third-order valence-electron chi connectivity index (χ3n) is 6.74. The summed E-state index contributed by atoms with van der Waals surface area (Å²) < 4.78 is 5.52. The van der Waals surface area contributed by atoms with E-state index in [1.165, 1.54) is 19.3 Å². The Labute approximate surface area is 180 Å². The number of rotatable bonds is 4. The number of nitrogens with two attached hydrogens (primary N) is 1. The normalized spacial score (nSPS) is 24.6. The number of fused-ring (bicyclic) bond motifs is 1. The quantitative estimate of drug-likeness (QED) is 0.808. The monoisotopic (exact) mass is 415 g/mol. The second-order valence-electron chi connectivity index (χ2n) is 8.40. The molecule has 0 aromatic heterocycles. The molecule has 2 heterocycles. The van der Waals surface area contributed by atoms with E-state index in [-0.39, 0.29) is 30.7 Å². The van der Waals surface area contributed by atoms with Crippen molar-refractivity contribution in [3.05, 3.63) is 35.9 Å². The number of hydrogen-bond acceptors (Lipinski definition) is 4. The first-order valence-corrected chi connectivity index (χ1v) is 11.7. The lowest BCUT2D eigenvalue weighted by atomic mass is 9.83. The minimum atomic E-state index is -0.391. The predicted octanol–water partition coefficient (Wildman–Crippen LogP) is 3.93. The van der Waals surface area contributed by atoms with Crippen molar-refractivity contribution >= 4 is 12.0 Å². The largest absolute Gasteiger partial charge is 0.445 e. The smallest absolute Gasteiger partial charge is 0.410 e. The van der Waals surface area contributed by atoms with Gasteiger partial charge in [0.15, 0.2) is 0 Å². The fraction of sp³-hybridized carbons (Fsp3) is 0.667. The number of nitrogens with zero attached hydrogens (tertiary/aromatic N) is 2. The molecular formula is C24H37N3O3. The van der Waals surface area contributed by atoms with Crippen LogP contribution in [-0.2, 0) is 16.1 Å². The van der Waals surface area contributed by atoms with Crippen molar-refractivity contribution < 1.29 is 14.3 Å². The molecule has 0 spiro atoms. The van der Waals surface area contributed by atoms with Crippen molar-refractivity contribution in [1.82, 2.24) is 9.80 Å². The van der Waals surface area contributed by atoms with Crippen LogP contribution in [0.1, 0.15) is 64.4 Å². The van der Waals surface area contributed by atoms with Gasteiger partial charge in [-0.25, -0.2) is 4.79 Å². The Morgan fingerprint density at radius 1 is 0.967 bits per heavy atom. The van der Waals surface area contributed by atoms with Gasteiger partial charge in [0.05, 0.1) is 18.1 Å². The van der Waals surface area contributed by atoms with Crippen LogP contribution in [0.2, 0.25) is 0 Å². The zero-order valence-electron chi connectivity index (χ0n) is 18.5. The number of hydrogen-bond donors (Lipinski definition) is 1. The fourth-order valence-corrected chi connectivity index (χ4v) is 5.18. The van der Waals surface area contributed by atoms with Crippen molar-refractivity contribution in [3.8, 4) is 0 Å². The van der Waals surface area contributed by atoms with Crippen LogP contribution in [0.15, 0.2) is 30.3 Å². The summed E-state index contributed by atoms with van der Waals surface area (Å²) in [6.45, 7) is 5.62. The molecule has 2 amide bonds. The fourth-order valence-electron chi connectivity index (χ4n) is 5.18. The SMILES string of the molecule is CC.NC(C(=O)N1CCC2C1CCN2C(=O)OCc1ccccc1)C1CCCCC1. The number of likely N-dealkylation sites (tertiary alicyclic amines) is 2. The number of benzene rings is 1. The van der Waals surface area contributed by atoms with E-state index in [1.807, 2.05) is 54.0 Å². The highest BCUT2D eigenvalue weighted by Gasteiger charge is 2.48. The lowest BCUT2D eigenvalue weighted by Gasteiger charge is -2.32. The van der Waals surface area contributed by atoms with Crippen LogP contribution in [0.25, 0.3) is 0 Å². The molecule has 4 rings (SSSR count). The lowest BCUT2D eigenvalue weighted by molar-refractivity contribution is -0.135. The van der Waals surface area contributed by atoms with Gasteiger partial charge in [0, 0.05) is 13.1 Å². The first-order chi connectivity index (χ1) is 14.6. The van der Waals surface area contributed by atoms with Crippen molar-refractivity contribution in [1.29, 1.82) is 0 Å². The van der Waals surface area contributed by atoms with Gasteiger partial charge in [-0.15, -0.1) is 0 Å². The summed E-state index contributed by atoms with van der Waals surface area (Å²) in [4.78, 5) is 29.4. The van der Waals surface area contributed by atoms with Gasteiger partial charge in [-0.3, -0.25) is 4.79 Å². The molecule has 6 heteroatoms. The van der Waals surface area contributed by atoms with Crippen molar-refractivity contribution in [3.63, 3.8) is 0 Å². The van der Waals surface area contributed by atoms with Crippen molar-refractivity contribution in [2.75, 3.05) is 13.1 Å². The van der Waals surface area contributed by atoms with Gasteiger partial charge in [-0.2, -0.15) is 0 Å². The summed E-state index contributed by atoms with van der Waals surface area (Å²) in [5, 5.41) is 0. The maximum Gasteiger partial charge on any atom is 0.410 e. The molecule has 30 heavy (non-hydrogen) atoms. The molecule has 2 N–H and O–H groups in total. The molecule has 0 radical (unpaired) electrons. The molecule has 0 bridgehead atoms. The topological polar surface area (TPSA) is 75.9 Å². The van der Waals surface area contributed by atoms with Crippen molar-refractivity contribution in [2.45, 2.75) is 83.5 Å². The Morgan fingerprint density at radius 3 is 2.23 bits per heavy atom. The van der Waals surface area contributed by atoms with Crippen LogP contribution in [0.5, 0.6) is 0 Å². The lowest BCUT2D eigenvalue weighted by Crippen LogP contribution is -2.51. The molecule has 3 unspecified atom stereocenters. The van der Waals surface area contributed by atoms with E-state index >= 15 is 0 Å². The molecule has 1 aliphatic carbocycles. The number of ether oxygens (including phenoxy) is 1. The number of carbonyl (C=O) groups is 2. The third-order valence-corrected chi connectivity index (χ3v) is 6.74. The average molecular weight is 416 g/mol. The van der Waals surface area contributed by atoms with Gasteiger partial charge in [0.2, 0.25) is 5.91 Å². The van der Waals surface area contributed by atoms with E-state index < -0.39 is 6.04 Å². The molecule has 3 atom stereocenters. The molecule has 2 aliphatic heterocycles. The first kappa shape index (κ1) is 22.6. The highest BCUT2D eigenvalue weighted by Crippen LogP contribution is 2.34. The van der Waals surface area contributed by atoms with Crippen LogP contribution in [-0.4, -0.2) is 53.0 Å². The molecule has 2 saturated heterocycles. The van der Waals surface area contributed by atoms with Crippen LogP contribution in [0, 0.1) is 5.92 Å². The molecule has 3 fully saturated rings. The number of carbonyl (C=O) groups excluding carboxylic acids is 2. The summed E-state index contributed by atoms with van der Waals surface area (Å²) in [5.74, 6) is 0.396. The molecule has 166 valence electrons. The first-order valence-electron chi connectivity index (χ1n) is 11.7. The molecular weight excluding hydrogens is 378 g/mol.